The van der Waals surface area contributed by atoms with E-state index in [2.05, 4.69) is 17.9 Å². The Morgan fingerprint density at radius 2 is 2.31 bits per heavy atom. The molecule has 0 fully saturated rings. The summed E-state index contributed by atoms with van der Waals surface area (Å²) in [5.41, 5.74) is 7.23. The molecule has 1 unspecified atom stereocenters. The van der Waals surface area contributed by atoms with Crippen molar-refractivity contribution in [3.05, 3.63) is 23.8 Å². The highest BCUT2D eigenvalue weighted by molar-refractivity contribution is 7.80. The highest BCUT2D eigenvalue weighted by Gasteiger charge is 2.13. The summed E-state index contributed by atoms with van der Waals surface area (Å²) in [7, 11) is 1.55. The summed E-state index contributed by atoms with van der Waals surface area (Å²) in [5.74, 6) is 0.657. The van der Waals surface area contributed by atoms with Gasteiger partial charge in [-0.1, -0.05) is 6.07 Å². The number of rotatable bonds is 4. The number of aryl methyl sites for hydroxylation is 1. The van der Waals surface area contributed by atoms with Crippen LogP contribution in [0.15, 0.2) is 18.2 Å². The minimum atomic E-state index is -0.617. The van der Waals surface area contributed by atoms with Crippen LogP contribution in [0.2, 0.25) is 0 Å². The fourth-order valence-electron chi connectivity index (χ4n) is 1.23. The van der Waals surface area contributed by atoms with Crippen LogP contribution >= 0.6 is 12.6 Å². The smallest absolute Gasteiger partial charge is 0.242 e. The molecule has 4 nitrogen and oxygen atoms in total. The van der Waals surface area contributed by atoms with Crippen molar-refractivity contribution in [2.24, 2.45) is 5.73 Å². The fourth-order valence-corrected chi connectivity index (χ4v) is 1.39. The second-order valence-electron chi connectivity index (χ2n) is 3.48. The van der Waals surface area contributed by atoms with Gasteiger partial charge < -0.3 is 15.8 Å². The number of methoxy groups -OCH3 is 1. The summed E-state index contributed by atoms with van der Waals surface area (Å²) >= 11 is 3.97. The van der Waals surface area contributed by atoms with Crippen LogP contribution in [0, 0.1) is 6.92 Å². The van der Waals surface area contributed by atoms with Gasteiger partial charge in [0.15, 0.2) is 0 Å². The number of thiol groups is 1. The third-order valence-corrected chi connectivity index (χ3v) is 2.54. The SMILES string of the molecule is COc1ccc(C)cc1NC(=O)C(N)CS. The van der Waals surface area contributed by atoms with Gasteiger partial charge in [-0.3, -0.25) is 4.79 Å². The molecule has 16 heavy (non-hydrogen) atoms. The van der Waals surface area contributed by atoms with E-state index in [1.54, 1.807) is 13.2 Å². The largest absolute Gasteiger partial charge is 0.495 e. The second kappa shape index (κ2) is 5.77. The molecule has 1 aromatic carbocycles. The van der Waals surface area contributed by atoms with Crippen LogP contribution in [0.3, 0.4) is 0 Å². The van der Waals surface area contributed by atoms with Crippen LogP contribution < -0.4 is 15.8 Å². The number of carbonyl (C=O) groups is 1. The van der Waals surface area contributed by atoms with Crippen molar-refractivity contribution < 1.29 is 9.53 Å². The number of hydrogen-bond donors (Lipinski definition) is 3. The van der Waals surface area contributed by atoms with E-state index in [0.717, 1.165) is 5.56 Å². The zero-order valence-electron chi connectivity index (χ0n) is 9.36. The molecule has 1 rings (SSSR count). The van der Waals surface area contributed by atoms with Gasteiger partial charge >= 0.3 is 0 Å². The van der Waals surface area contributed by atoms with Crippen LogP contribution in [0.1, 0.15) is 5.56 Å². The minimum absolute atomic E-state index is 0.265. The van der Waals surface area contributed by atoms with Gasteiger partial charge in [-0.25, -0.2) is 0 Å². The molecule has 1 amide bonds. The molecule has 0 aliphatic rings. The Labute approximate surface area is 101 Å². The summed E-state index contributed by atoms with van der Waals surface area (Å²) in [6.45, 7) is 1.94. The van der Waals surface area contributed by atoms with Crippen molar-refractivity contribution in [3.8, 4) is 5.75 Å². The van der Waals surface area contributed by atoms with Gasteiger partial charge in [0.05, 0.1) is 18.8 Å². The maximum atomic E-state index is 11.6. The van der Waals surface area contributed by atoms with E-state index >= 15 is 0 Å². The van der Waals surface area contributed by atoms with Gasteiger partial charge in [0.1, 0.15) is 5.75 Å². The van der Waals surface area contributed by atoms with Crippen molar-refractivity contribution in [1.29, 1.82) is 0 Å². The normalized spacial score (nSPS) is 12.0. The first-order valence-electron chi connectivity index (χ1n) is 4.90. The third kappa shape index (κ3) is 3.15. The molecule has 0 heterocycles. The summed E-state index contributed by atoms with van der Waals surface area (Å²) in [6, 6.07) is 4.93. The van der Waals surface area contributed by atoms with E-state index in [1.807, 2.05) is 19.1 Å². The van der Waals surface area contributed by atoms with Crippen molar-refractivity contribution in [3.63, 3.8) is 0 Å². The molecule has 0 radical (unpaired) electrons. The molecule has 0 aromatic heterocycles. The van der Waals surface area contributed by atoms with Crippen LogP contribution in [0.25, 0.3) is 0 Å². The van der Waals surface area contributed by atoms with E-state index in [1.165, 1.54) is 0 Å². The molecule has 0 aliphatic heterocycles. The molecule has 0 spiro atoms. The van der Waals surface area contributed by atoms with E-state index < -0.39 is 6.04 Å². The number of amides is 1. The average molecular weight is 240 g/mol. The van der Waals surface area contributed by atoms with Crippen LogP contribution in [0.4, 0.5) is 5.69 Å². The van der Waals surface area contributed by atoms with Crippen molar-refractivity contribution in [2.75, 3.05) is 18.2 Å². The molecule has 3 N–H and O–H groups in total. The summed E-state index contributed by atoms with van der Waals surface area (Å²) in [4.78, 5) is 11.6. The quantitative estimate of drug-likeness (QED) is 0.693. The van der Waals surface area contributed by atoms with Crippen LogP contribution in [-0.2, 0) is 4.79 Å². The first kappa shape index (κ1) is 12.9. The highest BCUT2D eigenvalue weighted by Crippen LogP contribution is 2.25. The van der Waals surface area contributed by atoms with Gasteiger partial charge in [0, 0.05) is 5.75 Å². The predicted octanol–water partition coefficient (Wildman–Crippen LogP) is 1.20. The standard InChI is InChI=1S/C11H16N2O2S/c1-7-3-4-10(15-2)9(5-7)13-11(14)8(12)6-16/h3-5,8,16H,6,12H2,1-2H3,(H,13,14). The minimum Gasteiger partial charge on any atom is -0.495 e. The molecule has 0 bridgehead atoms. The Balaban J connectivity index is 2.87. The van der Waals surface area contributed by atoms with Gasteiger partial charge in [-0.15, -0.1) is 0 Å². The monoisotopic (exact) mass is 240 g/mol. The molecular weight excluding hydrogens is 224 g/mol. The maximum Gasteiger partial charge on any atom is 0.242 e. The number of nitrogens with one attached hydrogen (secondary N) is 1. The van der Waals surface area contributed by atoms with Gasteiger partial charge in [-0.2, -0.15) is 12.6 Å². The summed E-state index contributed by atoms with van der Waals surface area (Å²) in [6.07, 6.45) is 0. The lowest BCUT2D eigenvalue weighted by molar-refractivity contribution is -0.116. The third-order valence-electron chi connectivity index (χ3n) is 2.15. The lowest BCUT2D eigenvalue weighted by atomic mass is 10.2. The Kier molecular flexibility index (Phi) is 4.64. The zero-order valence-corrected chi connectivity index (χ0v) is 10.3. The maximum absolute atomic E-state index is 11.6. The topological polar surface area (TPSA) is 64.3 Å². The van der Waals surface area contributed by atoms with Crippen molar-refractivity contribution in [2.45, 2.75) is 13.0 Å². The summed E-state index contributed by atoms with van der Waals surface area (Å²) < 4.78 is 5.14. The lowest BCUT2D eigenvalue weighted by Gasteiger charge is -2.13. The van der Waals surface area contributed by atoms with Gasteiger partial charge in [-0.05, 0) is 24.6 Å². The van der Waals surface area contributed by atoms with Crippen LogP contribution in [-0.4, -0.2) is 24.8 Å². The highest BCUT2D eigenvalue weighted by atomic mass is 32.1. The molecular formula is C11H16N2O2S. The first-order chi connectivity index (χ1) is 7.58. The molecule has 88 valence electrons. The lowest BCUT2D eigenvalue weighted by Crippen LogP contribution is -2.37. The number of ether oxygens (including phenoxy) is 1. The van der Waals surface area contributed by atoms with E-state index in [-0.39, 0.29) is 5.91 Å². The number of carbonyl (C=O) groups excluding carboxylic acids is 1. The van der Waals surface area contributed by atoms with Gasteiger partial charge in [0.2, 0.25) is 5.91 Å². The van der Waals surface area contributed by atoms with E-state index in [0.29, 0.717) is 17.2 Å². The molecule has 0 saturated heterocycles. The zero-order chi connectivity index (χ0) is 12.1. The van der Waals surface area contributed by atoms with Gasteiger partial charge in [0.25, 0.3) is 0 Å². The van der Waals surface area contributed by atoms with E-state index in [9.17, 15) is 4.79 Å². The molecule has 0 saturated carbocycles. The molecule has 0 aliphatic carbocycles. The Hall–Kier alpha value is -1.20. The molecule has 1 atom stereocenters. The molecule has 5 heteroatoms. The summed E-state index contributed by atoms with van der Waals surface area (Å²) in [5, 5.41) is 2.72. The fraction of sp³-hybridized carbons (Fsp3) is 0.364. The van der Waals surface area contributed by atoms with Crippen molar-refractivity contribution >= 4 is 24.2 Å². The average Bonchev–Trinajstić information content (AvgIpc) is 2.28. The number of benzene rings is 1. The second-order valence-corrected chi connectivity index (χ2v) is 3.85. The Bertz CT molecular complexity index is 382. The first-order valence-corrected chi connectivity index (χ1v) is 5.53. The number of anilines is 1. The Morgan fingerprint density at radius 3 is 2.88 bits per heavy atom. The molecule has 1 aromatic rings. The predicted molar refractivity (Wildman–Crippen MR) is 68.2 cm³/mol. The Morgan fingerprint density at radius 1 is 1.62 bits per heavy atom. The number of hydrogen-bond acceptors (Lipinski definition) is 4. The van der Waals surface area contributed by atoms with Crippen LogP contribution in [0.5, 0.6) is 5.75 Å². The van der Waals surface area contributed by atoms with Crippen molar-refractivity contribution in [1.82, 2.24) is 0 Å². The number of nitrogens with two attached hydrogens (primary N) is 1. The van der Waals surface area contributed by atoms with E-state index in [4.69, 9.17) is 10.5 Å².